The highest BCUT2D eigenvalue weighted by Gasteiger charge is 2.21. The van der Waals surface area contributed by atoms with E-state index in [1.165, 1.54) is 11.4 Å². The minimum absolute atomic E-state index is 0.751. The van der Waals surface area contributed by atoms with Crippen LogP contribution in [-0.4, -0.2) is 31.6 Å². The van der Waals surface area contributed by atoms with E-state index < -0.39 is 0 Å². The van der Waals surface area contributed by atoms with E-state index in [1.54, 1.807) is 0 Å². The molecule has 96 valence electrons. The van der Waals surface area contributed by atoms with Crippen molar-refractivity contribution < 1.29 is 0 Å². The largest absolute Gasteiger partial charge is 0.345 e. The van der Waals surface area contributed by atoms with Gasteiger partial charge in [-0.2, -0.15) is 5.10 Å². The maximum Gasteiger partial charge on any atom is 0.103 e. The minimum Gasteiger partial charge on any atom is -0.345 e. The molecule has 3 rings (SSSR count). The summed E-state index contributed by atoms with van der Waals surface area (Å²) in [6, 6.07) is 0. The van der Waals surface area contributed by atoms with Crippen molar-refractivity contribution in [3.05, 3.63) is 33.6 Å². The Hall–Kier alpha value is -1.33. The number of hydrogen-bond donors (Lipinski definition) is 2. The van der Waals surface area contributed by atoms with Gasteiger partial charge in [0.25, 0.3) is 0 Å². The van der Waals surface area contributed by atoms with Gasteiger partial charge < -0.3 is 4.98 Å². The van der Waals surface area contributed by atoms with Gasteiger partial charge in [0, 0.05) is 26.1 Å². The number of aryl methyl sites for hydroxylation is 2. The van der Waals surface area contributed by atoms with Crippen LogP contribution < -0.4 is 0 Å². The Morgan fingerprint density at radius 3 is 2.94 bits per heavy atom. The zero-order chi connectivity index (χ0) is 12.7. The number of nitrogens with one attached hydrogen (secondary N) is 2. The number of fused-ring (bicyclic) bond motifs is 1. The first-order valence-electron chi connectivity index (χ1n) is 6.09. The van der Waals surface area contributed by atoms with Gasteiger partial charge in [-0.25, -0.2) is 4.98 Å². The van der Waals surface area contributed by atoms with Crippen molar-refractivity contribution >= 4 is 11.6 Å². The van der Waals surface area contributed by atoms with Crippen LogP contribution >= 0.6 is 11.6 Å². The summed E-state index contributed by atoms with van der Waals surface area (Å²) < 4.78 is 0. The lowest BCUT2D eigenvalue weighted by molar-refractivity contribution is 0.238. The molecule has 0 atom stereocenters. The second kappa shape index (κ2) is 4.40. The van der Waals surface area contributed by atoms with Crippen LogP contribution in [0.4, 0.5) is 0 Å². The number of aromatic nitrogens is 4. The fraction of sp³-hybridized carbons (Fsp3) is 0.500. The highest BCUT2D eigenvalue weighted by molar-refractivity contribution is 6.31. The minimum atomic E-state index is 0.751. The standard InChI is InChI=1S/C12H16ClN5/c1-7-12(13)11(17-16-7)6-18-4-3-9-10(5-18)15-8(2)14-9/h3-6H2,1-2H3,(H,14,15)(H,16,17). The molecule has 0 amide bonds. The molecule has 0 bridgehead atoms. The van der Waals surface area contributed by atoms with E-state index >= 15 is 0 Å². The van der Waals surface area contributed by atoms with Crippen molar-refractivity contribution in [1.29, 1.82) is 0 Å². The molecule has 0 saturated carbocycles. The van der Waals surface area contributed by atoms with Gasteiger partial charge in [0.2, 0.25) is 0 Å². The molecule has 2 aromatic rings. The van der Waals surface area contributed by atoms with Crippen LogP contribution in [0.15, 0.2) is 0 Å². The summed E-state index contributed by atoms with van der Waals surface area (Å²) >= 11 is 6.19. The Labute approximate surface area is 111 Å². The highest BCUT2D eigenvalue weighted by Crippen LogP contribution is 2.22. The van der Waals surface area contributed by atoms with Crippen LogP contribution in [0.2, 0.25) is 5.02 Å². The molecule has 0 spiro atoms. The molecular formula is C12H16ClN5. The molecule has 0 aliphatic carbocycles. The predicted molar refractivity (Wildman–Crippen MR) is 69.5 cm³/mol. The first kappa shape index (κ1) is 11.7. The van der Waals surface area contributed by atoms with E-state index in [0.29, 0.717) is 0 Å². The summed E-state index contributed by atoms with van der Waals surface area (Å²) in [5.74, 6) is 0.996. The molecule has 5 nitrogen and oxygen atoms in total. The van der Waals surface area contributed by atoms with Gasteiger partial charge in [-0.15, -0.1) is 0 Å². The average molecular weight is 266 g/mol. The zero-order valence-electron chi connectivity index (χ0n) is 10.5. The third-order valence-electron chi connectivity index (χ3n) is 3.34. The summed E-state index contributed by atoms with van der Waals surface area (Å²) in [6.45, 7) is 6.60. The van der Waals surface area contributed by atoms with Crippen molar-refractivity contribution in [3.8, 4) is 0 Å². The zero-order valence-corrected chi connectivity index (χ0v) is 11.3. The van der Waals surface area contributed by atoms with Crippen LogP contribution in [0.5, 0.6) is 0 Å². The normalized spacial score (nSPS) is 15.9. The van der Waals surface area contributed by atoms with E-state index in [-0.39, 0.29) is 0 Å². The summed E-state index contributed by atoms with van der Waals surface area (Å²) in [5.41, 5.74) is 4.28. The van der Waals surface area contributed by atoms with Crippen LogP contribution in [0, 0.1) is 13.8 Å². The second-order valence-corrected chi connectivity index (χ2v) is 5.20. The van der Waals surface area contributed by atoms with Crippen LogP contribution in [-0.2, 0) is 19.5 Å². The fourth-order valence-corrected chi connectivity index (χ4v) is 2.55. The quantitative estimate of drug-likeness (QED) is 0.873. The van der Waals surface area contributed by atoms with Gasteiger partial charge >= 0.3 is 0 Å². The SMILES string of the molecule is Cc1nc2c([nH]1)CN(Cc1n[nH]c(C)c1Cl)CC2. The molecule has 0 unspecified atom stereocenters. The van der Waals surface area contributed by atoms with Crippen LogP contribution in [0.1, 0.15) is 28.6 Å². The van der Waals surface area contributed by atoms with Crippen molar-refractivity contribution in [1.82, 2.24) is 25.1 Å². The fourth-order valence-electron chi connectivity index (χ4n) is 2.41. The van der Waals surface area contributed by atoms with Gasteiger partial charge in [0.15, 0.2) is 0 Å². The maximum absolute atomic E-state index is 6.19. The van der Waals surface area contributed by atoms with Crippen molar-refractivity contribution in [2.75, 3.05) is 6.54 Å². The molecule has 1 aliphatic heterocycles. The third kappa shape index (κ3) is 2.04. The molecule has 2 N–H and O–H groups in total. The lowest BCUT2D eigenvalue weighted by Gasteiger charge is -2.25. The van der Waals surface area contributed by atoms with Crippen molar-refractivity contribution in [2.45, 2.75) is 33.4 Å². The molecule has 0 aromatic carbocycles. The van der Waals surface area contributed by atoms with Gasteiger partial charge in [0.1, 0.15) is 5.82 Å². The van der Waals surface area contributed by atoms with Crippen molar-refractivity contribution in [3.63, 3.8) is 0 Å². The number of imidazole rings is 1. The molecule has 0 fully saturated rings. The molecule has 1 aliphatic rings. The Balaban J connectivity index is 1.75. The second-order valence-electron chi connectivity index (χ2n) is 4.82. The highest BCUT2D eigenvalue weighted by atomic mass is 35.5. The number of H-pyrrole nitrogens is 2. The molecule has 3 heterocycles. The molecular weight excluding hydrogens is 250 g/mol. The predicted octanol–water partition coefficient (Wildman–Crippen LogP) is 1.96. The third-order valence-corrected chi connectivity index (χ3v) is 3.85. The Bertz CT molecular complexity index is 571. The first-order chi connectivity index (χ1) is 8.63. The van der Waals surface area contributed by atoms with E-state index in [4.69, 9.17) is 11.6 Å². The Morgan fingerprint density at radius 2 is 2.22 bits per heavy atom. The molecule has 6 heteroatoms. The molecule has 18 heavy (non-hydrogen) atoms. The first-order valence-corrected chi connectivity index (χ1v) is 6.47. The topological polar surface area (TPSA) is 60.6 Å². The van der Waals surface area contributed by atoms with E-state index in [9.17, 15) is 0 Å². The number of halogens is 1. The summed E-state index contributed by atoms with van der Waals surface area (Å²) in [6.07, 6.45) is 0.987. The lowest BCUT2D eigenvalue weighted by atomic mass is 10.1. The van der Waals surface area contributed by atoms with E-state index in [0.717, 1.165) is 48.3 Å². The van der Waals surface area contributed by atoms with Crippen LogP contribution in [0.25, 0.3) is 0 Å². The number of hydrogen-bond acceptors (Lipinski definition) is 3. The monoisotopic (exact) mass is 265 g/mol. The average Bonchev–Trinajstić information content (AvgIpc) is 2.85. The van der Waals surface area contributed by atoms with Gasteiger partial charge in [-0.3, -0.25) is 10.00 Å². The summed E-state index contributed by atoms with van der Waals surface area (Å²) in [7, 11) is 0. The molecule has 2 aromatic heterocycles. The smallest absolute Gasteiger partial charge is 0.103 e. The van der Waals surface area contributed by atoms with E-state index in [1.807, 2.05) is 13.8 Å². The lowest BCUT2D eigenvalue weighted by Crippen LogP contribution is -2.30. The molecule has 0 radical (unpaired) electrons. The molecule has 0 saturated heterocycles. The summed E-state index contributed by atoms with van der Waals surface area (Å²) in [4.78, 5) is 10.1. The van der Waals surface area contributed by atoms with Crippen LogP contribution in [0.3, 0.4) is 0 Å². The van der Waals surface area contributed by atoms with Gasteiger partial charge in [-0.1, -0.05) is 11.6 Å². The number of aromatic amines is 2. The van der Waals surface area contributed by atoms with Gasteiger partial charge in [-0.05, 0) is 13.8 Å². The summed E-state index contributed by atoms with van der Waals surface area (Å²) in [5, 5.41) is 7.92. The maximum atomic E-state index is 6.19. The number of nitrogens with zero attached hydrogens (tertiary/aromatic N) is 3. The van der Waals surface area contributed by atoms with Crippen molar-refractivity contribution in [2.24, 2.45) is 0 Å². The Kier molecular flexibility index (Phi) is 2.87. The van der Waals surface area contributed by atoms with E-state index in [2.05, 4.69) is 25.1 Å². The van der Waals surface area contributed by atoms with Gasteiger partial charge in [0.05, 0.1) is 27.8 Å². The Morgan fingerprint density at radius 1 is 1.39 bits per heavy atom. The number of rotatable bonds is 2.